The van der Waals surface area contributed by atoms with Gasteiger partial charge in [0.05, 0.1) is 12.7 Å². The van der Waals surface area contributed by atoms with Gasteiger partial charge < -0.3 is 20.5 Å². The van der Waals surface area contributed by atoms with E-state index in [1.807, 2.05) is 0 Å². The average Bonchev–Trinajstić information content (AvgIpc) is 2.75. The van der Waals surface area contributed by atoms with E-state index in [4.69, 9.17) is 15.2 Å². The molecule has 4 heteroatoms. The Morgan fingerprint density at radius 2 is 2.20 bits per heavy atom. The molecular formula is C11H24N2O2. The molecule has 0 aromatic heterocycles. The molecule has 1 heterocycles. The van der Waals surface area contributed by atoms with Crippen LogP contribution in [0.5, 0.6) is 0 Å². The van der Waals surface area contributed by atoms with Crippen molar-refractivity contribution in [2.75, 3.05) is 39.5 Å². The summed E-state index contributed by atoms with van der Waals surface area (Å²) >= 11 is 0. The molecule has 0 bridgehead atoms. The molecule has 1 rings (SSSR count). The molecule has 0 aliphatic carbocycles. The van der Waals surface area contributed by atoms with Crippen LogP contribution in [-0.4, -0.2) is 45.6 Å². The third-order valence-electron chi connectivity index (χ3n) is 2.53. The van der Waals surface area contributed by atoms with Crippen molar-refractivity contribution in [3.8, 4) is 0 Å². The summed E-state index contributed by atoms with van der Waals surface area (Å²) in [4.78, 5) is 0. The highest BCUT2D eigenvalue weighted by Crippen LogP contribution is 2.11. The topological polar surface area (TPSA) is 56.5 Å². The van der Waals surface area contributed by atoms with Gasteiger partial charge in [0.25, 0.3) is 0 Å². The van der Waals surface area contributed by atoms with Gasteiger partial charge in [-0.2, -0.15) is 0 Å². The Morgan fingerprint density at radius 3 is 2.93 bits per heavy atom. The first-order valence-electron chi connectivity index (χ1n) is 6.03. The highest BCUT2D eigenvalue weighted by atomic mass is 16.5. The molecular weight excluding hydrogens is 192 g/mol. The minimum Gasteiger partial charge on any atom is -0.379 e. The number of nitrogens with one attached hydrogen (secondary N) is 1. The third-order valence-corrected chi connectivity index (χ3v) is 2.53. The molecule has 1 aliphatic rings. The molecule has 90 valence electrons. The summed E-state index contributed by atoms with van der Waals surface area (Å²) < 4.78 is 11.0. The second-order valence-corrected chi connectivity index (χ2v) is 3.96. The van der Waals surface area contributed by atoms with Crippen LogP contribution < -0.4 is 11.1 Å². The van der Waals surface area contributed by atoms with E-state index in [9.17, 15) is 0 Å². The van der Waals surface area contributed by atoms with Crippen molar-refractivity contribution in [3.63, 3.8) is 0 Å². The summed E-state index contributed by atoms with van der Waals surface area (Å²) in [5.74, 6) is 0. The quantitative estimate of drug-likeness (QED) is 0.551. The molecule has 0 aromatic rings. The Bertz CT molecular complexity index is 139. The first-order chi connectivity index (χ1) is 7.43. The van der Waals surface area contributed by atoms with Crippen molar-refractivity contribution < 1.29 is 9.47 Å². The summed E-state index contributed by atoms with van der Waals surface area (Å²) in [6, 6.07) is 0. The number of hydrogen-bond acceptors (Lipinski definition) is 4. The van der Waals surface area contributed by atoms with E-state index in [1.54, 1.807) is 0 Å². The minimum atomic E-state index is 0.357. The summed E-state index contributed by atoms with van der Waals surface area (Å²) in [6.07, 6.45) is 4.83. The molecule has 1 unspecified atom stereocenters. The highest BCUT2D eigenvalue weighted by molar-refractivity contribution is 4.63. The first-order valence-corrected chi connectivity index (χ1v) is 6.03. The van der Waals surface area contributed by atoms with E-state index in [1.165, 1.54) is 6.42 Å². The molecule has 0 spiro atoms. The fourth-order valence-electron chi connectivity index (χ4n) is 1.64. The Morgan fingerprint density at radius 1 is 1.33 bits per heavy atom. The van der Waals surface area contributed by atoms with Gasteiger partial charge in [-0.1, -0.05) is 0 Å². The van der Waals surface area contributed by atoms with Gasteiger partial charge in [-0.15, -0.1) is 0 Å². The number of rotatable bonds is 9. The third kappa shape index (κ3) is 6.84. The average molecular weight is 216 g/mol. The fraction of sp³-hybridized carbons (Fsp3) is 1.00. The van der Waals surface area contributed by atoms with Crippen LogP contribution in [-0.2, 0) is 9.47 Å². The molecule has 0 saturated carbocycles. The molecule has 0 amide bonds. The largest absolute Gasteiger partial charge is 0.379 e. The summed E-state index contributed by atoms with van der Waals surface area (Å²) in [7, 11) is 0. The second-order valence-electron chi connectivity index (χ2n) is 3.96. The Hall–Kier alpha value is -0.160. The van der Waals surface area contributed by atoms with Gasteiger partial charge in [-0.05, 0) is 45.3 Å². The monoisotopic (exact) mass is 216 g/mol. The maximum atomic E-state index is 5.53. The van der Waals surface area contributed by atoms with Crippen molar-refractivity contribution in [2.45, 2.75) is 31.8 Å². The van der Waals surface area contributed by atoms with Crippen molar-refractivity contribution in [1.29, 1.82) is 0 Å². The Kier molecular flexibility index (Phi) is 7.83. The first kappa shape index (κ1) is 12.9. The SMILES string of the molecule is NCCCNCCCOCC1CCCO1. The summed E-state index contributed by atoms with van der Waals surface area (Å²) in [6.45, 7) is 5.31. The van der Waals surface area contributed by atoms with Crippen molar-refractivity contribution in [1.82, 2.24) is 5.32 Å². The lowest BCUT2D eigenvalue weighted by atomic mass is 10.2. The van der Waals surface area contributed by atoms with E-state index in [0.29, 0.717) is 6.10 Å². The van der Waals surface area contributed by atoms with E-state index >= 15 is 0 Å². The zero-order valence-electron chi connectivity index (χ0n) is 9.54. The lowest BCUT2D eigenvalue weighted by Gasteiger charge is -2.10. The van der Waals surface area contributed by atoms with Gasteiger partial charge in [0, 0.05) is 13.2 Å². The van der Waals surface area contributed by atoms with Crippen molar-refractivity contribution in [3.05, 3.63) is 0 Å². The molecule has 1 saturated heterocycles. The molecule has 0 radical (unpaired) electrons. The van der Waals surface area contributed by atoms with Crippen LogP contribution in [0.2, 0.25) is 0 Å². The predicted molar refractivity (Wildman–Crippen MR) is 61.0 cm³/mol. The number of nitrogens with two attached hydrogens (primary N) is 1. The van der Waals surface area contributed by atoms with Gasteiger partial charge in [0.15, 0.2) is 0 Å². The van der Waals surface area contributed by atoms with E-state index in [0.717, 1.165) is 58.7 Å². The van der Waals surface area contributed by atoms with Gasteiger partial charge in [0.2, 0.25) is 0 Å². The fourth-order valence-corrected chi connectivity index (χ4v) is 1.64. The van der Waals surface area contributed by atoms with Crippen LogP contribution in [0.1, 0.15) is 25.7 Å². The van der Waals surface area contributed by atoms with Gasteiger partial charge in [0.1, 0.15) is 0 Å². The molecule has 3 N–H and O–H groups in total. The van der Waals surface area contributed by atoms with Gasteiger partial charge in [-0.25, -0.2) is 0 Å². The predicted octanol–water partition coefficient (Wildman–Crippen LogP) is 0.510. The molecule has 1 aliphatic heterocycles. The van der Waals surface area contributed by atoms with Crippen LogP contribution in [0.3, 0.4) is 0 Å². The van der Waals surface area contributed by atoms with E-state index in [2.05, 4.69) is 5.32 Å². The molecule has 15 heavy (non-hydrogen) atoms. The van der Waals surface area contributed by atoms with Crippen LogP contribution in [0, 0.1) is 0 Å². The lowest BCUT2D eigenvalue weighted by Crippen LogP contribution is -2.21. The number of hydrogen-bond donors (Lipinski definition) is 2. The zero-order valence-corrected chi connectivity index (χ0v) is 9.54. The molecule has 4 nitrogen and oxygen atoms in total. The Labute approximate surface area is 92.5 Å². The van der Waals surface area contributed by atoms with Crippen molar-refractivity contribution >= 4 is 0 Å². The van der Waals surface area contributed by atoms with Crippen LogP contribution >= 0.6 is 0 Å². The molecule has 1 atom stereocenters. The molecule has 1 fully saturated rings. The maximum absolute atomic E-state index is 5.53. The normalized spacial score (nSPS) is 21.0. The van der Waals surface area contributed by atoms with E-state index < -0.39 is 0 Å². The smallest absolute Gasteiger partial charge is 0.0809 e. The lowest BCUT2D eigenvalue weighted by molar-refractivity contribution is 0.0166. The highest BCUT2D eigenvalue weighted by Gasteiger charge is 2.14. The molecule has 0 aromatic carbocycles. The standard InChI is InChI=1S/C11H24N2O2/c12-5-2-6-13-7-3-8-14-10-11-4-1-9-15-11/h11,13H,1-10,12H2. The van der Waals surface area contributed by atoms with Crippen LogP contribution in [0.25, 0.3) is 0 Å². The Balaban J connectivity index is 1.73. The van der Waals surface area contributed by atoms with E-state index in [-0.39, 0.29) is 0 Å². The van der Waals surface area contributed by atoms with Crippen LogP contribution in [0.15, 0.2) is 0 Å². The number of ether oxygens (including phenoxy) is 2. The van der Waals surface area contributed by atoms with Gasteiger partial charge >= 0.3 is 0 Å². The second kappa shape index (κ2) is 9.09. The van der Waals surface area contributed by atoms with Gasteiger partial charge in [-0.3, -0.25) is 0 Å². The minimum absolute atomic E-state index is 0.357. The zero-order chi connectivity index (χ0) is 10.8. The van der Waals surface area contributed by atoms with Crippen LogP contribution in [0.4, 0.5) is 0 Å². The van der Waals surface area contributed by atoms with Crippen molar-refractivity contribution in [2.24, 2.45) is 5.73 Å². The maximum Gasteiger partial charge on any atom is 0.0809 e. The summed E-state index contributed by atoms with van der Waals surface area (Å²) in [5.41, 5.74) is 5.38. The summed E-state index contributed by atoms with van der Waals surface area (Å²) in [5, 5.41) is 3.32.